The van der Waals surface area contributed by atoms with Crippen LogP contribution in [0.15, 0.2) is 36.7 Å². The fourth-order valence-electron chi connectivity index (χ4n) is 1.52. The third kappa shape index (κ3) is 3.50. The Bertz CT molecular complexity index is 731. The molecule has 0 radical (unpaired) electrons. The third-order valence-corrected chi connectivity index (χ3v) is 2.47. The number of nitro benzene ring substituents is 1. The van der Waals surface area contributed by atoms with Crippen molar-refractivity contribution in [2.75, 3.05) is 10.6 Å². The second-order valence-corrected chi connectivity index (χ2v) is 3.94. The monoisotopic (exact) mass is 303 g/mol. The molecule has 0 unspecified atom stereocenters. The number of carbonyl (C=O) groups is 2. The second-order valence-electron chi connectivity index (χ2n) is 3.94. The Hall–Kier alpha value is -3.56. The Balaban J connectivity index is 2.07. The summed E-state index contributed by atoms with van der Waals surface area (Å²) in [4.78, 5) is 39.9. The van der Waals surface area contributed by atoms with Gasteiger partial charge in [0.25, 0.3) is 5.69 Å². The molecule has 3 N–H and O–H groups in total. The van der Waals surface area contributed by atoms with Gasteiger partial charge in [0.15, 0.2) is 11.5 Å². The van der Waals surface area contributed by atoms with Gasteiger partial charge in [0.05, 0.1) is 4.92 Å². The maximum absolute atomic E-state index is 11.8. The number of urea groups is 1. The molecule has 112 valence electrons. The normalized spacial score (nSPS) is 9.82. The molecule has 1 aromatic heterocycles. The molecule has 2 aromatic rings. The van der Waals surface area contributed by atoms with Crippen molar-refractivity contribution in [2.24, 2.45) is 0 Å². The largest absolute Gasteiger partial charge is 0.476 e. The van der Waals surface area contributed by atoms with Crippen LogP contribution in [0.25, 0.3) is 0 Å². The van der Waals surface area contributed by atoms with Crippen molar-refractivity contribution in [1.29, 1.82) is 0 Å². The predicted molar refractivity (Wildman–Crippen MR) is 74.7 cm³/mol. The SMILES string of the molecule is O=C(Nc1ccc([N+](=O)[O-])cc1)Nc1nccnc1C(=O)O. The minimum Gasteiger partial charge on any atom is -0.476 e. The van der Waals surface area contributed by atoms with Gasteiger partial charge in [0, 0.05) is 30.2 Å². The van der Waals surface area contributed by atoms with Gasteiger partial charge in [-0.15, -0.1) is 0 Å². The number of amides is 2. The summed E-state index contributed by atoms with van der Waals surface area (Å²) in [6.45, 7) is 0. The van der Waals surface area contributed by atoms with E-state index in [9.17, 15) is 19.7 Å². The van der Waals surface area contributed by atoms with Crippen LogP contribution in [0.1, 0.15) is 10.5 Å². The quantitative estimate of drug-likeness (QED) is 0.575. The standard InChI is InChI=1S/C12H9N5O5/c18-11(19)9-10(14-6-5-13-9)16-12(20)15-7-1-3-8(4-2-7)17(21)22/h1-6H,(H,18,19)(H2,14,15,16,20). The van der Waals surface area contributed by atoms with Crippen LogP contribution in [0, 0.1) is 10.1 Å². The number of hydrogen-bond acceptors (Lipinski definition) is 6. The lowest BCUT2D eigenvalue weighted by Crippen LogP contribution is -2.22. The predicted octanol–water partition coefficient (Wildman–Crippen LogP) is 1.73. The van der Waals surface area contributed by atoms with Gasteiger partial charge in [0.1, 0.15) is 0 Å². The Morgan fingerprint density at radius 2 is 1.73 bits per heavy atom. The van der Waals surface area contributed by atoms with Gasteiger partial charge in [0.2, 0.25) is 0 Å². The molecule has 2 amide bonds. The number of carboxylic acid groups (broad SMARTS) is 1. The van der Waals surface area contributed by atoms with E-state index in [2.05, 4.69) is 20.6 Å². The lowest BCUT2D eigenvalue weighted by molar-refractivity contribution is -0.384. The molecule has 10 nitrogen and oxygen atoms in total. The van der Waals surface area contributed by atoms with Crippen LogP contribution >= 0.6 is 0 Å². The number of anilines is 2. The molecule has 0 atom stereocenters. The zero-order chi connectivity index (χ0) is 16.1. The number of hydrogen-bond donors (Lipinski definition) is 3. The highest BCUT2D eigenvalue weighted by Crippen LogP contribution is 2.16. The average Bonchev–Trinajstić information content (AvgIpc) is 2.48. The first-order valence-electron chi connectivity index (χ1n) is 5.84. The molecule has 0 aliphatic heterocycles. The number of non-ortho nitro benzene ring substituents is 1. The molecule has 0 aliphatic carbocycles. The van der Waals surface area contributed by atoms with Crippen molar-refractivity contribution in [3.63, 3.8) is 0 Å². The fraction of sp³-hybridized carbons (Fsp3) is 0. The van der Waals surface area contributed by atoms with Gasteiger partial charge < -0.3 is 10.4 Å². The van der Waals surface area contributed by atoms with Crippen molar-refractivity contribution in [2.45, 2.75) is 0 Å². The van der Waals surface area contributed by atoms with Crippen LogP contribution < -0.4 is 10.6 Å². The summed E-state index contributed by atoms with van der Waals surface area (Å²) in [7, 11) is 0. The van der Waals surface area contributed by atoms with E-state index in [0.29, 0.717) is 5.69 Å². The van der Waals surface area contributed by atoms with Gasteiger partial charge in [-0.1, -0.05) is 0 Å². The number of carbonyl (C=O) groups excluding carboxylic acids is 1. The van der Waals surface area contributed by atoms with Gasteiger partial charge in [-0.05, 0) is 12.1 Å². The molecule has 1 aromatic carbocycles. The number of carboxylic acids is 1. The maximum atomic E-state index is 11.8. The van der Waals surface area contributed by atoms with Crippen LogP contribution in [0.2, 0.25) is 0 Å². The molecule has 0 spiro atoms. The number of nitrogens with one attached hydrogen (secondary N) is 2. The summed E-state index contributed by atoms with van der Waals surface area (Å²) in [5, 5.41) is 24.1. The molecule has 0 saturated carbocycles. The summed E-state index contributed by atoms with van der Waals surface area (Å²) in [6, 6.07) is 4.37. The minimum absolute atomic E-state index is 0.118. The van der Waals surface area contributed by atoms with E-state index >= 15 is 0 Å². The average molecular weight is 303 g/mol. The van der Waals surface area contributed by atoms with E-state index in [1.807, 2.05) is 0 Å². The smallest absolute Gasteiger partial charge is 0.358 e. The zero-order valence-electron chi connectivity index (χ0n) is 10.9. The number of nitrogens with zero attached hydrogens (tertiary/aromatic N) is 3. The molecule has 22 heavy (non-hydrogen) atoms. The third-order valence-electron chi connectivity index (χ3n) is 2.47. The molecule has 0 fully saturated rings. The van der Waals surface area contributed by atoms with Crippen molar-refractivity contribution in [3.8, 4) is 0 Å². The molecule has 10 heteroatoms. The number of aromatic nitrogens is 2. The van der Waals surface area contributed by atoms with Crippen LogP contribution in [-0.4, -0.2) is 32.0 Å². The van der Waals surface area contributed by atoms with Crippen LogP contribution in [0.5, 0.6) is 0 Å². The lowest BCUT2D eigenvalue weighted by atomic mass is 10.3. The van der Waals surface area contributed by atoms with E-state index in [1.165, 1.54) is 36.7 Å². The first-order valence-corrected chi connectivity index (χ1v) is 5.84. The maximum Gasteiger partial charge on any atom is 0.358 e. The number of nitro groups is 1. The summed E-state index contributed by atoms with van der Waals surface area (Å²) in [6.07, 6.45) is 2.41. The second kappa shape index (κ2) is 6.26. The molecule has 0 saturated heterocycles. The van der Waals surface area contributed by atoms with E-state index in [0.717, 1.165) is 0 Å². The molecule has 2 rings (SSSR count). The highest BCUT2D eigenvalue weighted by Gasteiger charge is 2.15. The number of aromatic carboxylic acids is 1. The van der Waals surface area contributed by atoms with E-state index < -0.39 is 22.6 Å². The highest BCUT2D eigenvalue weighted by atomic mass is 16.6. The Morgan fingerprint density at radius 1 is 1.09 bits per heavy atom. The summed E-state index contributed by atoms with van der Waals surface area (Å²) in [5.41, 5.74) is -0.224. The summed E-state index contributed by atoms with van der Waals surface area (Å²) >= 11 is 0. The van der Waals surface area contributed by atoms with Gasteiger partial charge >= 0.3 is 12.0 Å². The molecular formula is C12H9N5O5. The topological polar surface area (TPSA) is 147 Å². The van der Waals surface area contributed by atoms with E-state index in [4.69, 9.17) is 5.11 Å². The van der Waals surface area contributed by atoms with Crippen LogP contribution in [-0.2, 0) is 0 Å². The Kier molecular flexibility index (Phi) is 4.22. The van der Waals surface area contributed by atoms with Crippen molar-refractivity contribution >= 4 is 29.2 Å². The fourth-order valence-corrected chi connectivity index (χ4v) is 1.52. The number of rotatable bonds is 4. The zero-order valence-corrected chi connectivity index (χ0v) is 10.9. The minimum atomic E-state index is -1.33. The Morgan fingerprint density at radius 3 is 2.32 bits per heavy atom. The van der Waals surface area contributed by atoms with Crippen molar-refractivity contribution < 1.29 is 19.6 Å². The van der Waals surface area contributed by atoms with Gasteiger partial charge in [-0.3, -0.25) is 15.4 Å². The molecule has 1 heterocycles. The highest BCUT2D eigenvalue weighted by molar-refractivity contribution is 6.02. The number of benzene rings is 1. The van der Waals surface area contributed by atoms with Crippen molar-refractivity contribution in [1.82, 2.24) is 9.97 Å². The van der Waals surface area contributed by atoms with Gasteiger partial charge in [-0.2, -0.15) is 0 Å². The van der Waals surface area contributed by atoms with E-state index in [1.54, 1.807) is 0 Å². The first kappa shape index (κ1) is 14.8. The van der Waals surface area contributed by atoms with E-state index in [-0.39, 0.29) is 11.5 Å². The summed E-state index contributed by atoms with van der Waals surface area (Å²) in [5.74, 6) is -1.55. The van der Waals surface area contributed by atoms with Crippen LogP contribution in [0.3, 0.4) is 0 Å². The first-order chi connectivity index (χ1) is 10.5. The molecule has 0 bridgehead atoms. The molecular weight excluding hydrogens is 294 g/mol. The van der Waals surface area contributed by atoms with Crippen molar-refractivity contribution in [3.05, 3.63) is 52.5 Å². The molecule has 0 aliphatic rings. The lowest BCUT2D eigenvalue weighted by Gasteiger charge is -2.08. The van der Waals surface area contributed by atoms with Crippen LogP contribution in [0.4, 0.5) is 22.0 Å². The Labute approximate surface area is 123 Å². The summed E-state index contributed by atoms with van der Waals surface area (Å²) < 4.78 is 0. The van der Waals surface area contributed by atoms with Gasteiger partial charge in [-0.25, -0.2) is 19.6 Å².